The number of nitrogens with zero attached hydrogens (tertiary/aromatic N) is 3. The number of carbonyl (C=O) groups is 1. The zero-order valence-corrected chi connectivity index (χ0v) is 18.7. The van der Waals surface area contributed by atoms with E-state index in [9.17, 15) is 4.79 Å². The normalized spacial score (nSPS) is 15.6. The smallest absolute Gasteiger partial charge is 0.273 e. The minimum atomic E-state index is -0.686. The summed E-state index contributed by atoms with van der Waals surface area (Å²) in [6.07, 6.45) is 0.158. The molecule has 0 radical (unpaired) electrons. The average molecular weight is 426 g/mol. The van der Waals surface area contributed by atoms with Crippen LogP contribution < -0.4 is 14.4 Å². The highest BCUT2D eigenvalue weighted by Crippen LogP contribution is 2.35. The van der Waals surface area contributed by atoms with Gasteiger partial charge >= 0.3 is 0 Å². The van der Waals surface area contributed by atoms with E-state index >= 15 is 0 Å². The van der Waals surface area contributed by atoms with Gasteiger partial charge in [-0.2, -0.15) is 0 Å². The summed E-state index contributed by atoms with van der Waals surface area (Å²) < 4.78 is 12.9. The van der Waals surface area contributed by atoms with Crippen molar-refractivity contribution in [2.75, 3.05) is 38.7 Å². The third kappa shape index (κ3) is 4.27. The standard InChI is InChI=1S/C23H27N3O3S/c1-15-12-16(2)21-17(13-15)24-23(30-21)26(11-7-10-25(3)4)22(27)20-14-28-18-8-5-6-9-19(18)29-20/h5-6,8-9,12-13,20H,7,10-11,14H2,1-4H3/t20-/m1/s1. The number of anilines is 1. The van der Waals surface area contributed by atoms with Gasteiger partial charge in [0.15, 0.2) is 16.6 Å². The summed E-state index contributed by atoms with van der Waals surface area (Å²) in [6.45, 7) is 5.82. The number of ether oxygens (including phenoxy) is 2. The van der Waals surface area contributed by atoms with Crippen LogP contribution in [0.15, 0.2) is 36.4 Å². The summed E-state index contributed by atoms with van der Waals surface area (Å²) in [5.74, 6) is 1.16. The third-order valence-electron chi connectivity index (χ3n) is 5.08. The predicted molar refractivity (Wildman–Crippen MR) is 121 cm³/mol. The van der Waals surface area contributed by atoms with Crippen LogP contribution in [-0.2, 0) is 4.79 Å². The lowest BCUT2D eigenvalue weighted by Gasteiger charge is -2.29. The molecule has 2 aromatic carbocycles. The summed E-state index contributed by atoms with van der Waals surface area (Å²) in [5.41, 5.74) is 3.28. The molecule has 6 nitrogen and oxygen atoms in total. The number of aryl methyl sites for hydroxylation is 2. The van der Waals surface area contributed by atoms with Crippen molar-refractivity contribution < 1.29 is 14.3 Å². The molecule has 4 rings (SSSR count). The maximum absolute atomic E-state index is 13.5. The first kappa shape index (κ1) is 20.6. The largest absolute Gasteiger partial charge is 0.485 e. The van der Waals surface area contributed by atoms with Crippen LogP contribution in [0.3, 0.4) is 0 Å². The average Bonchev–Trinajstić information content (AvgIpc) is 3.14. The number of hydrogen-bond donors (Lipinski definition) is 0. The predicted octanol–water partition coefficient (Wildman–Crippen LogP) is 4.04. The van der Waals surface area contributed by atoms with Crippen LogP contribution >= 0.6 is 11.3 Å². The second-order valence-electron chi connectivity index (χ2n) is 7.94. The van der Waals surface area contributed by atoms with Crippen molar-refractivity contribution in [1.29, 1.82) is 0 Å². The monoisotopic (exact) mass is 425 g/mol. The van der Waals surface area contributed by atoms with Crippen LogP contribution in [0.2, 0.25) is 0 Å². The Balaban J connectivity index is 1.63. The maximum Gasteiger partial charge on any atom is 0.273 e. The SMILES string of the molecule is Cc1cc(C)c2sc(N(CCCN(C)C)C(=O)[C@H]3COc4ccccc4O3)nc2c1. The number of benzene rings is 2. The molecular weight excluding hydrogens is 398 g/mol. The first-order valence-corrected chi connectivity index (χ1v) is 11.0. The quantitative estimate of drug-likeness (QED) is 0.597. The lowest BCUT2D eigenvalue weighted by atomic mass is 10.1. The Morgan fingerprint density at radius 1 is 1.17 bits per heavy atom. The minimum absolute atomic E-state index is 0.114. The number of para-hydroxylation sites is 2. The van der Waals surface area contributed by atoms with Crippen molar-refractivity contribution in [1.82, 2.24) is 9.88 Å². The number of thiazole rings is 1. The Labute approximate surface area is 181 Å². The van der Waals surface area contributed by atoms with E-state index < -0.39 is 6.10 Å². The molecule has 7 heteroatoms. The Kier molecular flexibility index (Phi) is 5.92. The summed E-state index contributed by atoms with van der Waals surface area (Å²) in [5, 5.41) is 0.713. The van der Waals surface area contributed by atoms with Gasteiger partial charge in [0.25, 0.3) is 5.91 Å². The van der Waals surface area contributed by atoms with E-state index in [2.05, 4.69) is 30.9 Å². The van der Waals surface area contributed by atoms with Gasteiger partial charge in [0.05, 0.1) is 10.2 Å². The molecule has 1 aliphatic rings. The molecule has 0 N–H and O–H groups in total. The van der Waals surface area contributed by atoms with Crippen molar-refractivity contribution >= 4 is 32.6 Å². The molecule has 3 aromatic rings. The van der Waals surface area contributed by atoms with Gasteiger partial charge in [0.2, 0.25) is 6.10 Å². The van der Waals surface area contributed by atoms with E-state index in [-0.39, 0.29) is 12.5 Å². The van der Waals surface area contributed by atoms with Gasteiger partial charge in [0, 0.05) is 6.54 Å². The zero-order chi connectivity index (χ0) is 21.3. The van der Waals surface area contributed by atoms with Crippen molar-refractivity contribution in [2.45, 2.75) is 26.4 Å². The molecular formula is C23H27N3O3S. The maximum atomic E-state index is 13.5. The highest BCUT2D eigenvalue weighted by Gasteiger charge is 2.33. The Bertz CT molecular complexity index is 1060. The topological polar surface area (TPSA) is 54.9 Å². The van der Waals surface area contributed by atoms with E-state index in [1.165, 1.54) is 11.1 Å². The lowest BCUT2D eigenvalue weighted by molar-refractivity contribution is -0.127. The fourth-order valence-electron chi connectivity index (χ4n) is 3.64. The minimum Gasteiger partial charge on any atom is -0.485 e. The number of fused-ring (bicyclic) bond motifs is 2. The van der Waals surface area contributed by atoms with Crippen LogP contribution in [-0.4, -0.2) is 55.7 Å². The van der Waals surface area contributed by atoms with Gasteiger partial charge in [-0.25, -0.2) is 4.98 Å². The molecule has 0 saturated carbocycles. The molecule has 2 heterocycles. The molecule has 1 atom stereocenters. The molecule has 30 heavy (non-hydrogen) atoms. The fourth-order valence-corrected chi connectivity index (χ4v) is 4.69. The highest BCUT2D eigenvalue weighted by molar-refractivity contribution is 7.22. The molecule has 0 saturated heterocycles. The number of carbonyl (C=O) groups excluding carboxylic acids is 1. The molecule has 0 bridgehead atoms. The molecule has 1 aliphatic heterocycles. The number of rotatable bonds is 6. The van der Waals surface area contributed by atoms with Crippen LogP contribution in [0, 0.1) is 13.8 Å². The van der Waals surface area contributed by atoms with E-state index in [1.807, 2.05) is 38.4 Å². The summed E-state index contributed by atoms with van der Waals surface area (Å²) in [7, 11) is 4.07. The Hall–Kier alpha value is -2.64. The van der Waals surface area contributed by atoms with E-state index in [4.69, 9.17) is 14.5 Å². The second-order valence-corrected chi connectivity index (χ2v) is 8.91. The van der Waals surface area contributed by atoms with Gasteiger partial charge < -0.3 is 14.4 Å². The van der Waals surface area contributed by atoms with Crippen molar-refractivity contribution in [3.05, 3.63) is 47.5 Å². The molecule has 0 aliphatic carbocycles. The Morgan fingerprint density at radius 2 is 1.93 bits per heavy atom. The van der Waals surface area contributed by atoms with Gasteiger partial charge in [-0.05, 0) is 70.2 Å². The summed E-state index contributed by atoms with van der Waals surface area (Å²) in [4.78, 5) is 22.2. The number of aromatic nitrogens is 1. The van der Waals surface area contributed by atoms with E-state index in [1.54, 1.807) is 16.2 Å². The molecule has 1 amide bonds. The molecule has 158 valence electrons. The van der Waals surface area contributed by atoms with Crippen molar-refractivity contribution in [3.63, 3.8) is 0 Å². The third-order valence-corrected chi connectivity index (χ3v) is 6.31. The highest BCUT2D eigenvalue weighted by atomic mass is 32.1. The summed E-state index contributed by atoms with van der Waals surface area (Å²) in [6, 6.07) is 11.7. The number of hydrogen-bond acceptors (Lipinski definition) is 6. The molecule has 0 unspecified atom stereocenters. The van der Waals surface area contributed by atoms with Gasteiger partial charge in [0.1, 0.15) is 6.61 Å². The second kappa shape index (κ2) is 8.62. The van der Waals surface area contributed by atoms with Crippen LogP contribution in [0.25, 0.3) is 10.2 Å². The van der Waals surface area contributed by atoms with Gasteiger partial charge in [-0.3, -0.25) is 9.69 Å². The van der Waals surface area contributed by atoms with Crippen LogP contribution in [0.1, 0.15) is 17.5 Å². The Morgan fingerprint density at radius 3 is 2.70 bits per heavy atom. The van der Waals surface area contributed by atoms with Gasteiger partial charge in [-0.15, -0.1) is 0 Å². The van der Waals surface area contributed by atoms with Crippen LogP contribution in [0.5, 0.6) is 11.5 Å². The molecule has 1 aromatic heterocycles. The van der Waals surface area contributed by atoms with Gasteiger partial charge in [-0.1, -0.05) is 29.5 Å². The first-order valence-electron chi connectivity index (χ1n) is 10.1. The molecule has 0 spiro atoms. The van der Waals surface area contributed by atoms with Crippen molar-refractivity contribution in [3.8, 4) is 11.5 Å². The molecule has 0 fully saturated rings. The lowest BCUT2D eigenvalue weighted by Crippen LogP contribution is -2.47. The van der Waals surface area contributed by atoms with E-state index in [0.29, 0.717) is 23.2 Å². The first-order chi connectivity index (χ1) is 14.4. The fraction of sp³-hybridized carbons (Fsp3) is 0.391. The van der Waals surface area contributed by atoms with Crippen molar-refractivity contribution in [2.24, 2.45) is 0 Å². The zero-order valence-electron chi connectivity index (χ0n) is 17.8. The summed E-state index contributed by atoms with van der Waals surface area (Å²) >= 11 is 1.56. The number of amides is 1. The van der Waals surface area contributed by atoms with E-state index in [0.717, 1.165) is 23.2 Å². The van der Waals surface area contributed by atoms with Crippen LogP contribution in [0.4, 0.5) is 5.13 Å².